The molecule has 7 nitrogen and oxygen atoms in total. The minimum atomic E-state index is -1.68. The molecular formula is C17H17NO6. The molecule has 126 valence electrons. The summed E-state index contributed by atoms with van der Waals surface area (Å²) in [5, 5.41) is 30.9. The first-order valence-corrected chi connectivity index (χ1v) is 7.16. The Labute approximate surface area is 138 Å². The molecule has 2 aromatic rings. The number of phenolic OH excluding ortho intramolecular Hbond substituents is 1. The van der Waals surface area contributed by atoms with E-state index in [-0.39, 0.29) is 24.6 Å². The molecule has 0 spiro atoms. The lowest BCUT2D eigenvalue weighted by Crippen LogP contribution is -2.27. The second-order valence-electron chi connectivity index (χ2n) is 4.99. The van der Waals surface area contributed by atoms with E-state index in [1.165, 1.54) is 18.2 Å². The number of aromatic hydroxyl groups is 1. The number of aliphatic hydroxyl groups is 1. The van der Waals surface area contributed by atoms with Crippen molar-refractivity contribution in [3.8, 4) is 11.5 Å². The monoisotopic (exact) mass is 331 g/mol. The van der Waals surface area contributed by atoms with Crippen LogP contribution in [-0.2, 0) is 11.3 Å². The van der Waals surface area contributed by atoms with Gasteiger partial charge in [0.25, 0.3) is 6.29 Å². The lowest BCUT2D eigenvalue weighted by Gasteiger charge is -2.14. The second-order valence-corrected chi connectivity index (χ2v) is 4.99. The van der Waals surface area contributed by atoms with Crippen LogP contribution in [0.5, 0.6) is 11.5 Å². The normalized spacial score (nSPS) is 11.7. The van der Waals surface area contributed by atoms with Crippen molar-refractivity contribution in [1.82, 2.24) is 5.32 Å². The predicted octanol–water partition coefficient (Wildman–Crippen LogP) is 1.15. The van der Waals surface area contributed by atoms with Gasteiger partial charge in [-0.2, -0.15) is 0 Å². The third-order valence-corrected chi connectivity index (χ3v) is 3.17. The van der Waals surface area contributed by atoms with Crippen LogP contribution in [0.4, 0.5) is 0 Å². The molecule has 1 unspecified atom stereocenters. The number of ketones is 1. The number of hydrogen-bond donors (Lipinski definition) is 4. The van der Waals surface area contributed by atoms with Crippen molar-refractivity contribution < 1.29 is 29.6 Å². The van der Waals surface area contributed by atoms with Crippen molar-refractivity contribution in [2.75, 3.05) is 6.54 Å². The number of aliphatic carboxylic acids is 1. The summed E-state index contributed by atoms with van der Waals surface area (Å²) in [4.78, 5) is 22.5. The highest BCUT2D eigenvalue weighted by atomic mass is 16.6. The summed E-state index contributed by atoms with van der Waals surface area (Å²) in [6.45, 7) is -0.169. The molecule has 0 aliphatic carbocycles. The smallest absolute Gasteiger partial charge is 0.317 e. The van der Waals surface area contributed by atoms with Gasteiger partial charge in [-0.15, -0.1) is 0 Å². The maximum atomic E-state index is 12.0. The van der Waals surface area contributed by atoms with Crippen LogP contribution in [0, 0.1) is 0 Å². The molecular weight excluding hydrogens is 314 g/mol. The number of nitrogens with one attached hydrogen (secondary N) is 1. The summed E-state index contributed by atoms with van der Waals surface area (Å²) in [5.41, 5.74) is 0.695. The fourth-order valence-electron chi connectivity index (χ4n) is 2.01. The Bertz CT molecular complexity index is 716. The van der Waals surface area contributed by atoms with Crippen LogP contribution in [0.1, 0.15) is 15.9 Å². The third kappa shape index (κ3) is 4.80. The van der Waals surface area contributed by atoms with Gasteiger partial charge < -0.3 is 25.4 Å². The number of carboxylic acids is 1. The molecule has 0 radical (unpaired) electrons. The number of phenols is 1. The molecule has 7 heteroatoms. The van der Waals surface area contributed by atoms with Crippen molar-refractivity contribution in [3.05, 3.63) is 59.7 Å². The van der Waals surface area contributed by atoms with Crippen molar-refractivity contribution in [2.45, 2.75) is 12.8 Å². The van der Waals surface area contributed by atoms with E-state index < -0.39 is 18.0 Å². The number of carbonyl (C=O) groups is 2. The van der Waals surface area contributed by atoms with Gasteiger partial charge >= 0.3 is 5.97 Å². The standard InChI is InChI=1S/C17H17NO6/c19-14-7-6-13(8-12(14)9-18-10-15(20)21)24-17(23)16(22)11-4-2-1-3-5-11/h1-8,17-19,23H,9-10H2,(H,20,21). The summed E-state index contributed by atoms with van der Waals surface area (Å²) in [6, 6.07) is 12.4. The summed E-state index contributed by atoms with van der Waals surface area (Å²) in [7, 11) is 0. The minimum absolute atomic E-state index is 0.0517. The number of benzene rings is 2. The lowest BCUT2D eigenvalue weighted by molar-refractivity contribution is -0.136. The summed E-state index contributed by atoms with van der Waals surface area (Å²) < 4.78 is 5.20. The molecule has 4 N–H and O–H groups in total. The van der Waals surface area contributed by atoms with Gasteiger partial charge in [-0.1, -0.05) is 30.3 Å². The maximum Gasteiger partial charge on any atom is 0.317 e. The van der Waals surface area contributed by atoms with Crippen molar-refractivity contribution >= 4 is 11.8 Å². The van der Waals surface area contributed by atoms with Gasteiger partial charge in [0.15, 0.2) is 0 Å². The van der Waals surface area contributed by atoms with Crippen molar-refractivity contribution in [2.24, 2.45) is 0 Å². The molecule has 0 aromatic heterocycles. The molecule has 0 aliphatic heterocycles. The molecule has 24 heavy (non-hydrogen) atoms. The van der Waals surface area contributed by atoms with Gasteiger partial charge in [0.2, 0.25) is 5.78 Å². The lowest BCUT2D eigenvalue weighted by atomic mass is 10.1. The Morgan fingerprint density at radius 2 is 1.83 bits per heavy atom. The van der Waals surface area contributed by atoms with Crippen molar-refractivity contribution in [1.29, 1.82) is 0 Å². The Morgan fingerprint density at radius 1 is 1.12 bits per heavy atom. The summed E-state index contributed by atoms with van der Waals surface area (Å²) >= 11 is 0. The Balaban J connectivity index is 2.04. The summed E-state index contributed by atoms with van der Waals surface area (Å²) in [5.74, 6) is -1.49. The van der Waals surface area contributed by atoms with Crippen LogP contribution in [0.25, 0.3) is 0 Å². The first kappa shape index (κ1) is 17.5. The average Bonchev–Trinajstić information content (AvgIpc) is 2.57. The molecule has 0 saturated carbocycles. The van der Waals surface area contributed by atoms with E-state index in [0.717, 1.165) is 0 Å². The van der Waals surface area contributed by atoms with E-state index in [0.29, 0.717) is 11.1 Å². The van der Waals surface area contributed by atoms with Crippen LogP contribution in [0.2, 0.25) is 0 Å². The first-order chi connectivity index (χ1) is 11.5. The molecule has 2 aromatic carbocycles. The van der Waals surface area contributed by atoms with Crippen LogP contribution in [0.15, 0.2) is 48.5 Å². The van der Waals surface area contributed by atoms with Gasteiger partial charge in [0.05, 0.1) is 6.54 Å². The van der Waals surface area contributed by atoms with E-state index in [1.807, 2.05) is 0 Å². The SMILES string of the molecule is O=C(O)CNCc1cc(OC(O)C(=O)c2ccccc2)ccc1O. The van der Waals surface area contributed by atoms with E-state index in [1.54, 1.807) is 30.3 Å². The first-order valence-electron chi connectivity index (χ1n) is 7.16. The summed E-state index contributed by atoms with van der Waals surface area (Å²) in [6.07, 6.45) is -1.68. The highest BCUT2D eigenvalue weighted by Gasteiger charge is 2.19. The number of carboxylic acid groups (broad SMARTS) is 1. The molecule has 0 heterocycles. The van der Waals surface area contributed by atoms with E-state index >= 15 is 0 Å². The molecule has 0 saturated heterocycles. The highest BCUT2D eigenvalue weighted by Crippen LogP contribution is 2.24. The van der Waals surface area contributed by atoms with Crippen LogP contribution >= 0.6 is 0 Å². The molecule has 0 aliphatic rings. The number of carbonyl (C=O) groups excluding carboxylic acids is 1. The zero-order chi connectivity index (χ0) is 17.5. The zero-order valence-corrected chi connectivity index (χ0v) is 12.7. The van der Waals surface area contributed by atoms with Gasteiger partial charge in [-0.3, -0.25) is 9.59 Å². The van der Waals surface area contributed by atoms with Crippen LogP contribution < -0.4 is 10.1 Å². The molecule has 0 bridgehead atoms. The molecule has 1 atom stereocenters. The van der Waals surface area contributed by atoms with Gasteiger partial charge in [0.1, 0.15) is 11.5 Å². The Kier molecular flexibility index (Phi) is 5.89. The average molecular weight is 331 g/mol. The van der Waals surface area contributed by atoms with E-state index in [9.17, 15) is 19.8 Å². The fourth-order valence-corrected chi connectivity index (χ4v) is 2.01. The topological polar surface area (TPSA) is 116 Å². The predicted molar refractivity (Wildman–Crippen MR) is 84.9 cm³/mol. The Hall–Kier alpha value is -2.90. The number of Topliss-reactive ketones (excluding diaryl/α,β-unsaturated/α-hetero) is 1. The van der Waals surface area contributed by atoms with Crippen molar-refractivity contribution in [3.63, 3.8) is 0 Å². The third-order valence-electron chi connectivity index (χ3n) is 3.17. The number of rotatable bonds is 8. The highest BCUT2D eigenvalue weighted by molar-refractivity contribution is 5.98. The van der Waals surface area contributed by atoms with Crippen LogP contribution in [0.3, 0.4) is 0 Å². The zero-order valence-electron chi connectivity index (χ0n) is 12.7. The fraction of sp³-hybridized carbons (Fsp3) is 0.176. The largest absolute Gasteiger partial charge is 0.508 e. The van der Waals surface area contributed by atoms with Crippen LogP contribution in [-0.4, -0.2) is 39.9 Å². The van der Waals surface area contributed by atoms with E-state index in [4.69, 9.17) is 9.84 Å². The maximum absolute atomic E-state index is 12.0. The quantitative estimate of drug-likeness (QED) is 0.423. The van der Waals surface area contributed by atoms with Gasteiger partial charge in [-0.05, 0) is 18.2 Å². The molecule has 0 fully saturated rings. The Morgan fingerprint density at radius 3 is 2.50 bits per heavy atom. The van der Waals surface area contributed by atoms with Gasteiger partial charge in [-0.25, -0.2) is 0 Å². The number of hydrogen-bond acceptors (Lipinski definition) is 6. The molecule has 0 amide bonds. The molecule has 2 rings (SSSR count). The van der Waals surface area contributed by atoms with Gasteiger partial charge in [0, 0.05) is 17.7 Å². The van der Waals surface area contributed by atoms with E-state index in [2.05, 4.69) is 5.32 Å². The number of aliphatic hydroxyl groups excluding tert-OH is 1. The number of ether oxygens (including phenoxy) is 1. The second kappa shape index (κ2) is 8.09. The minimum Gasteiger partial charge on any atom is -0.508 e.